The maximum absolute atomic E-state index is 14.7. The van der Waals surface area contributed by atoms with Gasteiger partial charge in [-0.05, 0) is 36.2 Å². The largest absolute Gasteiger partial charge is 0.322 e. The molecule has 33 heavy (non-hydrogen) atoms. The van der Waals surface area contributed by atoms with Gasteiger partial charge in [-0.25, -0.2) is 13.5 Å². The highest BCUT2D eigenvalue weighted by molar-refractivity contribution is 6.31. The fourth-order valence-corrected chi connectivity index (χ4v) is 4.06. The monoisotopic (exact) mass is 465 g/mol. The van der Waals surface area contributed by atoms with Crippen molar-refractivity contribution in [3.05, 3.63) is 122 Å². The van der Waals surface area contributed by atoms with E-state index in [1.165, 1.54) is 22.9 Å². The first kappa shape index (κ1) is 22.8. The molecule has 1 heterocycles. The molecule has 4 aromatic rings. The van der Waals surface area contributed by atoms with Gasteiger partial charge in [0.25, 0.3) is 5.56 Å². The average Bonchev–Trinajstić information content (AvgIpc) is 2.81. The minimum atomic E-state index is -0.530. The summed E-state index contributed by atoms with van der Waals surface area (Å²) in [6, 6.07) is 19.3. The molecule has 0 spiro atoms. The molecule has 1 unspecified atom stereocenters. The molecule has 0 saturated heterocycles. The van der Waals surface area contributed by atoms with Gasteiger partial charge in [0.1, 0.15) is 11.6 Å². The Morgan fingerprint density at radius 2 is 1.64 bits per heavy atom. The van der Waals surface area contributed by atoms with Gasteiger partial charge < -0.3 is 5.73 Å². The molecule has 0 radical (unpaired) electrons. The highest BCUT2D eigenvalue weighted by Crippen LogP contribution is 2.28. The van der Waals surface area contributed by atoms with Crippen LogP contribution in [0.4, 0.5) is 8.78 Å². The minimum Gasteiger partial charge on any atom is -0.322 e. The molecule has 168 valence electrons. The van der Waals surface area contributed by atoms with Crippen LogP contribution in [0.2, 0.25) is 5.02 Å². The summed E-state index contributed by atoms with van der Waals surface area (Å²) >= 11 is 6.23. The molecule has 0 aliphatic heterocycles. The van der Waals surface area contributed by atoms with Gasteiger partial charge in [-0.15, -0.1) is 0 Å². The topological polar surface area (TPSA) is 60.9 Å². The van der Waals surface area contributed by atoms with Crippen LogP contribution < -0.4 is 11.3 Å². The maximum Gasteiger partial charge on any atom is 0.275 e. The maximum atomic E-state index is 14.7. The van der Waals surface area contributed by atoms with Crippen molar-refractivity contribution in [1.29, 1.82) is 0 Å². The van der Waals surface area contributed by atoms with E-state index in [2.05, 4.69) is 5.10 Å². The Bertz CT molecular complexity index is 1340. The normalized spacial score (nSPS) is 12.0. The number of halogens is 3. The van der Waals surface area contributed by atoms with Gasteiger partial charge in [-0.3, -0.25) is 4.79 Å². The lowest BCUT2D eigenvalue weighted by atomic mass is 9.97. The van der Waals surface area contributed by atoms with E-state index in [0.717, 1.165) is 5.56 Å². The van der Waals surface area contributed by atoms with Gasteiger partial charge in [-0.2, -0.15) is 5.10 Å². The smallest absolute Gasteiger partial charge is 0.275 e. The molecule has 7 heteroatoms. The summed E-state index contributed by atoms with van der Waals surface area (Å²) in [5.74, 6) is -1.01. The van der Waals surface area contributed by atoms with Gasteiger partial charge in [0.15, 0.2) is 0 Å². The van der Waals surface area contributed by atoms with Crippen LogP contribution in [0.5, 0.6) is 0 Å². The van der Waals surface area contributed by atoms with Crippen molar-refractivity contribution in [1.82, 2.24) is 9.78 Å². The van der Waals surface area contributed by atoms with Gasteiger partial charge in [0.2, 0.25) is 0 Å². The Labute approximate surface area is 195 Å². The minimum absolute atomic E-state index is 0.0413. The summed E-state index contributed by atoms with van der Waals surface area (Å²) in [7, 11) is 0. The van der Waals surface area contributed by atoms with E-state index in [1.807, 2.05) is 30.3 Å². The number of benzene rings is 3. The van der Waals surface area contributed by atoms with Crippen molar-refractivity contribution in [2.45, 2.75) is 25.9 Å². The fourth-order valence-electron chi connectivity index (χ4n) is 3.83. The molecule has 0 aliphatic carbocycles. The highest BCUT2D eigenvalue weighted by Gasteiger charge is 2.21. The number of rotatable bonds is 6. The zero-order valence-electron chi connectivity index (χ0n) is 17.9. The second kappa shape index (κ2) is 9.65. The molecule has 0 amide bonds. The van der Waals surface area contributed by atoms with E-state index in [0.29, 0.717) is 11.3 Å². The van der Waals surface area contributed by atoms with E-state index in [9.17, 15) is 13.6 Å². The number of hydrogen-bond acceptors (Lipinski definition) is 3. The molecule has 0 fully saturated rings. The van der Waals surface area contributed by atoms with Crippen molar-refractivity contribution >= 4 is 11.6 Å². The number of nitrogens with two attached hydrogens (primary N) is 1. The van der Waals surface area contributed by atoms with E-state index in [-0.39, 0.29) is 34.7 Å². The van der Waals surface area contributed by atoms with Crippen LogP contribution in [0.15, 0.2) is 77.6 Å². The molecule has 0 aliphatic rings. The molecular weight excluding hydrogens is 444 g/mol. The third kappa shape index (κ3) is 4.72. The SMILES string of the molecule is Cc1c(Cc2c(F)cccc2Cl)nn(CC(N)c2ccccc2)c(=O)c1-c1ccccc1F. The van der Waals surface area contributed by atoms with Crippen LogP contribution in [0.25, 0.3) is 11.1 Å². The summed E-state index contributed by atoms with van der Waals surface area (Å²) in [4.78, 5) is 13.4. The number of aromatic nitrogens is 2. The molecule has 1 aromatic heterocycles. The number of hydrogen-bond donors (Lipinski definition) is 1. The summed E-state index contributed by atoms with van der Waals surface area (Å²) in [5, 5.41) is 4.76. The zero-order valence-corrected chi connectivity index (χ0v) is 18.7. The summed E-state index contributed by atoms with van der Waals surface area (Å²) in [6.45, 7) is 1.75. The van der Waals surface area contributed by atoms with Gasteiger partial charge in [0, 0.05) is 28.6 Å². The van der Waals surface area contributed by atoms with Gasteiger partial charge in [0.05, 0.1) is 17.8 Å². The first-order valence-electron chi connectivity index (χ1n) is 10.5. The summed E-state index contributed by atoms with van der Waals surface area (Å²) in [6.07, 6.45) is 0.0413. The molecule has 4 nitrogen and oxygen atoms in total. The quantitative estimate of drug-likeness (QED) is 0.412. The fraction of sp³-hybridized carbons (Fsp3) is 0.154. The van der Waals surface area contributed by atoms with Crippen molar-refractivity contribution in [2.75, 3.05) is 0 Å². The van der Waals surface area contributed by atoms with E-state index in [4.69, 9.17) is 17.3 Å². The van der Waals surface area contributed by atoms with Crippen LogP contribution in [-0.4, -0.2) is 9.78 Å². The molecule has 0 bridgehead atoms. The Kier molecular flexibility index (Phi) is 6.67. The standard InChI is InChI=1S/C26H22ClF2N3O/c1-16-24(14-19-20(27)11-7-13-22(19)29)31-32(15-23(30)17-8-3-2-4-9-17)26(33)25(16)18-10-5-6-12-21(18)28/h2-13,23H,14-15,30H2,1H3. The first-order chi connectivity index (χ1) is 15.9. The molecular formula is C26H22ClF2N3O. The summed E-state index contributed by atoms with van der Waals surface area (Å²) in [5.41, 5.74) is 8.18. The molecule has 3 aromatic carbocycles. The van der Waals surface area contributed by atoms with Crippen molar-refractivity contribution in [3.8, 4) is 11.1 Å². The van der Waals surface area contributed by atoms with Crippen molar-refractivity contribution in [3.63, 3.8) is 0 Å². The van der Waals surface area contributed by atoms with E-state index >= 15 is 0 Å². The predicted octanol–water partition coefficient (Wildman–Crippen LogP) is 5.44. The van der Waals surface area contributed by atoms with Crippen molar-refractivity contribution in [2.24, 2.45) is 5.73 Å². The lowest BCUT2D eigenvalue weighted by molar-refractivity contribution is 0.496. The zero-order chi connectivity index (χ0) is 23.5. The van der Waals surface area contributed by atoms with Gasteiger partial charge in [-0.1, -0.05) is 66.2 Å². The lowest BCUT2D eigenvalue weighted by Gasteiger charge is -2.18. The van der Waals surface area contributed by atoms with Crippen LogP contribution in [0.1, 0.15) is 28.4 Å². The molecule has 0 saturated carbocycles. The van der Waals surface area contributed by atoms with Gasteiger partial charge >= 0.3 is 0 Å². The molecule has 2 N–H and O–H groups in total. The van der Waals surface area contributed by atoms with Crippen molar-refractivity contribution < 1.29 is 8.78 Å². The van der Waals surface area contributed by atoms with Crippen LogP contribution in [-0.2, 0) is 13.0 Å². The Balaban J connectivity index is 1.87. The van der Waals surface area contributed by atoms with Crippen LogP contribution in [0.3, 0.4) is 0 Å². The Morgan fingerprint density at radius 3 is 2.33 bits per heavy atom. The number of nitrogens with zero attached hydrogens (tertiary/aromatic N) is 2. The van der Waals surface area contributed by atoms with Crippen LogP contribution in [0, 0.1) is 18.6 Å². The highest BCUT2D eigenvalue weighted by atomic mass is 35.5. The second-order valence-electron chi connectivity index (χ2n) is 7.81. The summed E-state index contributed by atoms with van der Waals surface area (Å²) < 4.78 is 30.4. The molecule has 4 rings (SSSR count). The first-order valence-corrected chi connectivity index (χ1v) is 10.8. The second-order valence-corrected chi connectivity index (χ2v) is 8.22. The molecule has 1 atom stereocenters. The average molecular weight is 466 g/mol. The third-order valence-electron chi connectivity index (χ3n) is 5.64. The third-order valence-corrected chi connectivity index (χ3v) is 6.00. The Hall–Kier alpha value is -3.35. The van der Waals surface area contributed by atoms with E-state index in [1.54, 1.807) is 31.2 Å². The Morgan fingerprint density at radius 1 is 0.970 bits per heavy atom. The predicted molar refractivity (Wildman–Crippen MR) is 126 cm³/mol. The lowest BCUT2D eigenvalue weighted by Crippen LogP contribution is -2.32. The van der Waals surface area contributed by atoms with E-state index < -0.39 is 23.2 Å². The van der Waals surface area contributed by atoms with Crippen LogP contribution >= 0.6 is 11.6 Å².